The number of nitrogen functional groups attached to an aromatic ring is 1. The molecule has 0 aromatic heterocycles. The molecule has 4 nitrogen and oxygen atoms in total. The number of carbonyl (C=O) groups excluding carboxylic acids is 1. The predicted molar refractivity (Wildman–Crippen MR) is 70.1 cm³/mol. The molecule has 0 spiro atoms. The molecule has 0 saturated carbocycles. The van der Waals surface area contributed by atoms with Crippen molar-refractivity contribution < 1.29 is 9.53 Å². The molecule has 0 aliphatic heterocycles. The summed E-state index contributed by atoms with van der Waals surface area (Å²) in [6.07, 6.45) is 0. The van der Waals surface area contributed by atoms with Crippen LogP contribution >= 0.6 is 0 Å². The first-order valence-corrected chi connectivity index (χ1v) is 5.53. The highest BCUT2D eigenvalue weighted by Gasteiger charge is 2.05. The Labute approximate surface area is 105 Å². The van der Waals surface area contributed by atoms with E-state index in [0.29, 0.717) is 17.9 Å². The van der Waals surface area contributed by atoms with E-state index >= 15 is 0 Å². The third kappa shape index (κ3) is 2.79. The number of benzene rings is 2. The van der Waals surface area contributed by atoms with E-state index in [2.05, 4.69) is 0 Å². The maximum atomic E-state index is 11.0. The lowest BCUT2D eigenvalue weighted by Crippen LogP contribution is -2.12. The standard InChI is InChI=1S/C14H14N2O2/c15-13-8-10(14(16)17)6-7-11(13)9-18-12-4-2-1-3-5-12/h1-8H,9,15H2,(H2,16,17). The van der Waals surface area contributed by atoms with Crippen LogP contribution in [-0.2, 0) is 6.61 Å². The summed E-state index contributed by atoms with van der Waals surface area (Å²) in [6, 6.07) is 14.4. The molecule has 2 rings (SSSR count). The molecule has 0 atom stereocenters. The summed E-state index contributed by atoms with van der Waals surface area (Å²) in [5.41, 5.74) is 12.7. The van der Waals surface area contributed by atoms with Crippen molar-refractivity contribution in [2.75, 3.05) is 5.73 Å². The Hall–Kier alpha value is -2.49. The topological polar surface area (TPSA) is 78.3 Å². The fraction of sp³-hybridized carbons (Fsp3) is 0.0714. The van der Waals surface area contributed by atoms with E-state index in [4.69, 9.17) is 16.2 Å². The van der Waals surface area contributed by atoms with Gasteiger partial charge in [-0.05, 0) is 24.3 Å². The summed E-state index contributed by atoms with van der Waals surface area (Å²) in [4.78, 5) is 11.0. The molecule has 0 heterocycles. The van der Waals surface area contributed by atoms with Crippen LogP contribution in [0.4, 0.5) is 5.69 Å². The third-order valence-corrected chi connectivity index (χ3v) is 2.57. The summed E-state index contributed by atoms with van der Waals surface area (Å²) >= 11 is 0. The van der Waals surface area contributed by atoms with Crippen LogP contribution < -0.4 is 16.2 Å². The van der Waals surface area contributed by atoms with Crippen LogP contribution in [0.2, 0.25) is 0 Å². The van der Waals surface area contributed by atoms with Gasteiger partial charge < -0.3 is 16.2 Å². The number of hydrogen-bond acceptors (Lipinski definition) is 3. The number of nitrogens with two attached hydrogens (primary N) is 2. The lowest BCUT2D eigenvalue weighted by molar-refractivity contribution is 0.100. The number of hydrogen-bond donors (Lipinski definition) is 2. The van der Waals surface area contributed by atoms with Crippen molar-refractivity contribution in [2.24, 2.45) is 5.73 Å². The van der Waals surface area contributed by atoms with Crippen molar-refractivity contribution >= 4 is 11.6 Å². The third-order valence-electron chi connectivity index (χ3n) is 2.57. The fourth-order valence-corrected chi connectivity index (χ4v) is 1.56. The molecular weight excluding hydrogens is 228 g/mol. The Kier molecular flexibility index (Phi) is 3.48. The minimum Gasteiger partial charge on any atom is -0.489 e. The molecule has 2 aromatic rings. The van der Waals surface area contributed by atoms with Gasteiger partial charge in [-0.15, -0.1) is 0 Å². The summed E-state index contributed by atoms with van der Waals surface area (Å²) in [5.74, 6) is 0.285. The first-order valence-electron chi connectivity index (χ1n) is 5.53. The molecule has 0 aliphatic rings. The zero-order valence-corrected chi connectivity index (χ0v) is 9.80. The van der Waals surface area contributed by atoms with E-state index in [1.807, 2.05) is 30.3 Å². The second-order valence-electron chi connectivity index (χ2n) is 3.88. The van der Waals surface area contributed by atoms with Crippen molar-refractivity contribution in [3.63, 3.8) is 0 Å². The molecule has 2 aromatic carbocycles. The molecule has 0 aliphatic carbocycles. The van der Waals surface area contributed by atoms with Gasteiger partial charge in [0, 0.05) is 16.8 Å². The van der Waals surface area contributed by atoms with Crippen LogP contribution in [-0.4, -0.2) is 5.91 Å². The number of ether oxygens (including phenoxy) is 1. The van der Waals surface area contributed by atoms with Gasteiger partial charge in [0.15, 0.2) is 0 Å². The summed E-state index contributed by atoms with van der Waals surface area (Å²) < 4.78 is 5.58. The minimum absolute atomic E-state index is 0.356. The van der Waals surface area contributed by atoms with Gasteiger partial charge >= 0.3 is 0 Å². The predicted octanol–water partition coefficient (Wildman–Crippen LogP) is 1.95. The van der Waals surface area contributed by atoms with Gasteiger partial charge in [0.1, 0.15) is 12.4 Å². The monoisotopic (exact) mass is 242 g/mol. The summed E-state index contributed by atoms with van der Waals surface area (Å²) in [6.45, 7) is 0.356. The quantitative estimate of drug-likeness (QED) is 0.804. The smallest absolute Gasteiger partial charge is 0.248 e. The maximum Gasteiger partial charge on any atom is 0.248 e. The minimum atomic E-state index is -0.489. The van der Waals surface area contributed by atoms with Crippen LogP contribution in [0.25, 0.3) is 0 Å². The summed E-state index contributed by atoms with van der Waals surface area (Å²) in [7, 11) is 0. The van der Waals surface area contributed by atoms with Crippen LogP contribution in [0.15, 0.2) is 48.5 Å². The lowest BCUT2D eigenvalue weighted by atomic mass is 10.1. The molecule has 0 bridgehead atoms. The average Bonchev–Trinajstić information content (AvgIpc) is 2.38. The molecule has 4 N–H and O–H groups in total. The Morgan fingerprint density at radius 3 is 2.44 bits per heavy atom. The number of amides is 1. The first-order chi connectivity index (χ1) is 8.66. The Morgan fingerprint density at radius 2 is 1.83 bits per heavy atom. The van der Waals surface area contributed by atoms with Crippen LogP contribution in [0.5, 0.6) is 5.75 Å². The SMILES string of the molecule is NC(=O)c1ccc(COc2ccccc2)c(N)c1. The number of anilines is 1. The fourth-order valence-electron chi connectivity index (χ4n) is 1.56. The average molecular weight is 242 g/mol. The van der Waals surface area contributed by atoms with Crippen molar-refractivity contribution in [2.45, 2.75) is 6.61 Å². The van der Waals surface area contributed by atoms with Gasteiger partial charge in [0.2, 0.25) is 5.91 Å². The zero-order valence-electron chi connectivity index (χ0n) is 9.80. The van der Waals surface area contributed by atoms with E-state index in [-0.39, 0.29) is 0 Å². The second kappa shape index (κ2) is 5.23. The van der Waals surface area contributed by atoms with Gasteiger partial charge in [0.05, 0.1) is 0 Å². The van der Waals surface area contributed by atoms with Crippen molar-refractivity contribution in [3.05, 3.63) is 59.7 Å². The van der Waals surface area contributed by atoms with Crippen LogP contribution in [0, 0.1) is 0 Å². The number of primary amides is 1. The maximum absolute atomic E-state index is 11.0. The molecule has 4 heteroatoms. The molecule has 18 heavy (non-hydrogen) atoms. The van der Waals surface area contributed by atoms with Gasteiger partial charge in [-0.3, -0.25) is 4.79 Å². The van der Waals surface area contributed by atoms with Crippen molar-refractivity contribution in [1.82, 2.24) is 0 Å². The van der Waals surface area contributed by atoms with E-state index in [1.54, 1.807) is 18.2 Å². The molecule has 0 unspecified atom stereocenters. The van der Waals surface area contributed by atoms with Gasteiger partial charge in [-0.25, -0.2) is 0 Å². The van der Waals surface area contributed by atoms with Gasteiger partial charge in [-0.1, -0.05) is 24.3 Å². The molecular formula is C14H14N2O2. The Balaban J connectivity index is 2.08. The highest BCUT2D eigenvalue weighted by molar-refractivity contribution is 5.93. The lowest BCUT2D eigenvalue weighted by Gasteiger charge is -2.09. The zero-order chi connectivity index (χ0) is 13.0. The van der Waals surface area contributed by atoms with Gasteiger partial charge in [-0.2, -0.15) is 0 Å². The van der Waals surface area contributed by atoms with E-state index in [0.717, 1.165) is 11.3 Å². The molecule has 92 valence electrons. The van der Waals surface area contributed by atoms with Crippen molar-refractivity contribution in [1.29, 1.82) is 0 Å². The van der Waals surface area contributed by atoms with E-state index in [1.165, 1.54) is 0 Å². The molecule has 0 radical (unpaired) electrons. The van der Waals surface area contributed by atoms with Crippen LogP contribution in [0.1, 0.15) is 15.9 Å². The Bertz CT molecular complexity index is 553. The molecule has 1 amide bonds. The normalized spacial score (nSPS) is 10.0. The summed E-state index contributed by atoms with van der Waals surface area (Å²) in [5, 5.41) is 0. The molecule has 0 fully saturated rings. The van der Waals surface area contributed by atoms with Crippen molar-refractivity contribution in [3.8, 4) is 5.75 Å². The van der Waals surface area contributed by atoms with Crippen LogP contribution in [0.3, 0.4) is 0 Å². The van der Waals surface area contributed by atoms with E-state index < -0.39 is 5.91 Å². The second-order valence-corrected chi connectivity index (χ2v) is 3.88. The highest BCUT2D eigenvalue weighted by atomic mass is 16.5. The van der Waals surface area contributed by atoms with E-state index in [9.17, 15) is 4.79 Å². The van der Waals surface area contributed by atoms with Gasteiger partial charge in [0.25, 0.3) is 0 Å². The number of rotatable bonds is 4. The highest BCUT2D eigenvalue weighted by Crippen LogP contribution is 2.17. The first kappa shape index (κ1) is 12.0. The number of carbonyl (C=O) groups is 1. The Morgan fingerprint density at radius 1 is 1.11 bits per heavy atom. The number of para-hydroxylation sites is 1. The largest absolute Gasteiger partial charge is 0.489 e. The molecule has 0 saturated heterocycles.